The van der Waals surface area contributed by atoms with Crippen LogP contribution >= 0.6 is 0 Å². The third kappa shape index (κ3) is 2.12. The second-order valence-corrected chi connectivity index (χ2v) is 4.65. The van der Waals surface area contributed by atoms with Crippen LogP contribution in [0, 0.1) is 0 Å². The second-order valence-electron chi connectivity index (χ2n) is 4.65. The van der Waals surface area contributed by atoms with Crippen molar-refractivity contribution in [3.05, 3.63) is 71.4 Å². The molecule has 100 valence electrons. The lowest BCUT2D eigenvalue weighted by atomic mass is 10.0. The summed E-state index contributed by atoms with van der Waals surface area (Å²) in [5.74, 6) is -0.00569. The molecule has 0 atom stereocenters. The van der Waals surface area contributed by atoms with E-state index in [1.807, 2.05) is 54.6 Å². The monoisotopic (exact) mass is 265 g/mol. The van der Waals surface area contributed by atoms with Crippen molar-refractivity contribution in [2.45, 2.75) is 6.61 Å². The van der Waals surface area contributed by atoms with Crippen LogP contribution in [-0.4, -0.2) is 17.9 Å². The van der Waals surface area contributed by atoms with E-state index in [4.69, 9.17) is 4.74 Å². The number of methoxy groups -OCH3 is 1. The maximum atomic E-state index is 12.6. The highest BCUT2D eigenvalue weighted by molar-refractivity contribution is 6.11. The maximum Gasteiger partial charge on any atom is 0.209 e. The van der Waals surface area contributed by atoms with Gasteiger partial charge in [-0.2, -0.15) is 0 Å². The van der Waals surface area contributed by atoms with E-state index in [0.29, 0.717) is 17.9 Å². The minimum Gasteiger partial charge on any atom is -0.380 e. The fraction of sp³-hybridized carbons (Fsp3) is 0.118. The van der Waals surface area contributed by atoms with Crippen LogP contribution in [0.3, 0.4) is 0 Å². The van der Waals surface area contributed by atoms with Crippen LogP contribution in [0.1, 0.15) is 21.6 Å². The Labute approximate surface area is 117 Å². The summed E-state index contributed by atoms with van der Waals surface area (Å²) in [6.45, 7) is 0.415. The van der Waals surface area contributed by atoms with Gasteiger partial charge in [0.25, 0.3) is 0 Å². The van der Waals surface area contributed by atoms with Crippen LogP contribution < -0.4 is 0 Å². The number of para-hydroxylation sites is 1. The van der Waals surface area contributed by atoms with Crippen LogP contribution in [0.25, 0.3) is 10.9 Å². The van der Waals surface area contributed by atoms with E-state index in [1.54, 1.807) is 7.11 Å². The molecule has 0 aliphatic heterocycles. The van der Waals surface area contributed by atoms with Gasteiger partial charge in [-0.05, 0) is 6.07 Å². The van der Waals surface area contributed by atoms with E-state index >= 15 is 0 Å². The molecular weight excluding hydrogens is 250 g/mol. The molecule has 1 N–H and O–H groups in total. The van der Waals surface area contributed by atoms with Crippen molar-refractivity contribution in [2.24, 2.45) is 0 Å². The molecule has 0 saturated carbocycles. The van der Waals surface area contributed by atoms with Gasteiger partial charge >= 0.3 is 0 Å². The smallest absolute Gasteiger partial charge is 0.209 e. The summed E-state index contributed by atoms with van der Waals surface area (Å²) in [7, 11) is 1.64. The minimum absolute atomic E-state index is 0.00569. The summed E-state index contributed by atoms with van der Waals surface area (Å²) in [6, 6.07) is 17.2. The summed E-state index contributed by atoms with van der Waals surface area (Å²) in [4.78, 5) is 15.8. The third-order valence-electron chi connectivity index (χ3n) is 3.37. The van der Waals surface area contributed by atoms with E-state index in [1.165, 1.54) is 0 Å². The first-order chi connectivity index (χ1) is 9.81. The van der Waals surface area contributed by atoms with Gasteiger partial charge < -0.3 is 9.72 Å². The molecular formula is C17H15NO2. The Bertz CT molecular complexity index is 744. The lowest BCUT2D eigenvalue weighted by Crippen LogP contribution is -2.05. The number of H-pyrrole nitrogens is 1. The number of ketones is 1. The highest BCUT2D eigenvalue weighted by atomic mass is 16.5. The molecule has 3 aromatic rings. The number of hydrogen-bond donors (Lipinski definition) is 1. The molecule has 3 nitrogen and oxygen atoms in total. The van der Waals surface area contributed by atoms with E-state index in [2.05, 4.69) is 4.98 Å². The number of hydrogen-bond acceptors (Lipinski definition) is 2. The number of rotatable bonds is 4. The van der Waals surface area contributed by atoms with Crippen molar-refractivity contribution in [1.82, 2.24) is 4.98 Å². The summed E-state index contributed by atoms with van der Waals surface area (Å²) in [5, 5.41) is 1.04. The Kier molecular flexibility index (Phi) is 3.35. The van der Waals surface area contributed by atoms with Gasteiger partial charge in [0.2, 0.25) is 5.78 Å². The fourth-order valence-corrected chi connectivity index (χ4v) is 2.42. The predicted molar refractivity (Wildman–Crippen MR) is 78.9 cm³/mol. The van der Waals surface area contributed by atoms with Crippen LogP contribution in [0.5, 0.6) is 0 Å². The molecule has 3 heteroatoms. The molecule has 3 rings (SSSR count). The van der Waals surface area contributed by atoms with E-state index in [-0.39, 0.29) is 5.78 Å². The Hall–Kier alpha value is -2.39. The van der Waals surface area contributed by atoms with Gasteiger partial charge in [0, 0.05) is 29.1 Å². The van der Waals surface area contributed by atoms with Gasteiger partial charge in [-0.1, -0.05) is 48.5 Å². The number of carbonyl (C=O) groups excluding carboxylic acids is 1. The maximum absolute atomic E-state index is 12.6. The average molecular weight is 265 g/mol. The highest BCUT2D eigenvalue weighted by Crippen LogP contribution is 2.25. The molecule has 0 unspecified atom stereocenters. The zero-order valence-electron chi connectivity index (χ0n) is 11.2. The number of nitrogens with one attached hydrogen (secondary N) is 1. The van der Waals surface area contributed by atoms with E-state index in [0.717, 1.165) is 16.5 Å². The van der Waals surface area contributed by atoms with Crippen LogP contribution in [0.15, 0.2) is 54.6 Å². The Balaban J connectivity index is 2.15. The summed E-state index contributed by atoms with van der Waals surface area (Å²) >= 11 is 0. The SMILES string of the molecule is COCc1c(C(=O)c2ccccc2)[nH]c2ccccc12. The van der Waals surface area contributed by atoms with Gasteiger partial charge in [0.05, 0.1) is 12.3 Å². The Morgan fingerprint density at radius 3 is 2.50 bits per heavy atom. The number of aromatic nitrogens is 1. The molecule has 0 fully saturated rings. The quantitative estimate of drug-likeness (QED) is 0.733. The van der Waals surface area contributed by atoms with Gasteiger partial charge in [-0.15, -0.1) is 0 Å². The molecule has 1 heterocycles. The first-order valence-corrected chi connectivity index (χ1v) is 6.49. The van der Waals surface area contributed by atoms with Crippen LogP contribution in [-0.2, 0) is 11.3 Å². The molecule has 0 aliphatic rings. The van der Waals surface area contributed by atoms with Crippen LogP contribution in [0.2, 0.25) is 0 Å². The van der Waals surface area contributed by atoms with Gasteiger partial charge in [0.1, 0.15) is 0 Å². The normalized spacial score (nSPS) is 10.8. The molecule has 0 saturated heterocycles. The standard InChI is InChI=1S/C17H15NO2/c1-20-11-14-13-9-5-6-10-15(13)18-16(14)17(19)12-7-3-2-4-8-12/h2-10,18H,11H2,1H3. The van der Waals surface area contributed by atoms with Gasteiger partial charge in [-0.25, -0.2) is 0 Å². The summed E-state index contributed by atoms with van der Waals surface area (Å²) in [5.41, 5.74) is 3.16. The highest BCUT2D eigenvalue weighted by Gasteiger charge is 2.18. The Morgan fingerprint density at radius 1 is 1.05 bits per heavy atom. The number of ether oxygens (including phenoxy) is 1. The zero-order valence-corrected chi connectivity index (χ0v) is 11.2. The molecule has 0 radical (unpaired) electrons. The third-order valence-corrected chi connectivity index (χ3v) is 3.37. The molecule has 0 amide bonds. The van der Waals surface area contributed by atoms with E-state index < -0.39 is 0 Å². The van der Waals surface area contributed by atoms with Crippen molar-refractivity contribution in [2.75, 3.05) is 7.11 Å². The van der Waals surface area contributed by atoms with Gasteiger partial charge in [0.15, 0.2) is 0 Å². The van der Waals surface area contributed by atoms with Crippen LogP contribution in [0.4, 0.5) is 0 Å². The molecule has 0 bridgehead atoms. The van der Waals surface area contributed by atoms with Crippen molar-refractivity contribution in [1.29, 1.82) is 0 Å². The molecule has 2 aromatic carbocycles. The van der Waals surface area contributed by atoms with E-state index in [9.17, 15) is 4.79 Å². The number of benzene rings is 2. The van der Waals surface area contributed by atoms with Crippen molar-refractivity contribution >= 4 is 16.7 Å². The number of fused-ring (bicyclic) bond motifs is 1. The van der Waals surface area contributed by atoms with Crippen molar-refractivity contribution in [3.8, 4) is 0 Å². The largest absolute Gasteiger partial charge is 0.380 e. The molecule has 1 aromatic heterocycles. The first-order valence-electron chi connectivity index (χ1n) is 6.49. The predicted octanol–water partition coefficient (Wildman–Crippen LogP) is 3.55. The fourth-order valence-electron chi connectivity index (χ4n) is 2.42. The zero-order chi connectivity index (χ0) is 13.9. The van der Waals surface area contributed by atoms with Crippen molar-refractivity contribution < 1.29 is 9.53 Å². The lowest BCUT2D eigenvalue weighted by Gasteiger charge is -2.03. The Morgan fingerprint density at radius 2 is 1.75 bits per heavy atom. The molecule has 0 spiro atoms. The first kappa shape index (κ1) is 12.6. The lowest BCUT2D eigenvalue weighted by molar-refractivity contribution is 0.103. The molecule has 0 aliphatic carbocycles. The number of carbonyl (C=O) groups is 1. The second kappa shape index (κ2) is 5.31. The summed E-state index contributed by atoms with van der Waals surface area (Å²) in [6.07, 6.45) is 0. The molecule has 20 heavy (non-hydrogen) atoms. The summed E-state index contributed by atoms with van der Waals surface area (Å²) < 4.78 is 5.25. The van der Waals surface area contributed by atoms with Crippen molar-refractivity contribution in [3.63, 3.8) is 0 Å². The minimum atomic E-state index is -0.00569. The van der Waals surface area contributed by atoms with Gasteiger partial charge in [-0.3, -0.25) is 4.79 Å². The average Bonchev–Trinajstić information content (AvgIpc) is 2.87. The topological polar surface area (TPSA) is 42.1 Å². The number of aromatic amines is 1.